The maximum Gasteiger partial charge on any atom is 0.433 e. The van der Waals surface area contributed by atoms with Gasteiger partial charge in [-0.1, -0.05) is 0 Å². The highest BCUT2D eigenvalue weighted by atomic mass is 19.4. The first-order valence-corrected chi connectivity index (χ1v) is 6.47. The molecule has 1 aromatic heterocycles. The van der Waals surface area contributed by atoms with Gasteiger partial charge in [0.15, 0.2) is 0 Å². The maximum absolute atomic E-state index is 12.7. The summed E-state index contributed by atoms with van der Waals surface area (Å²) in [7, 11) is 0. The highest BCUT2D eigenvalue weighted by Gasteiger charge is 2.33. The molecule has 0 bridgehead atoms. The number of hydrogen-bond donors (Lipinski definition) is 1. The molecule has 106 valence electrons. The van der Waals surface area contributed by atoms with E-state index < -0.39 is 11.9 Å². The van der Waals surface area contributed by atoms with Crippen LogP contribution in [0.1, 0.15) is 18.5 Å². The molecule has 6 heteroatoms. The van der Waals surface area contributed by atoms with Gasteiger partial charge in [0, 0.05) is 29.9 Å². The normalized spacial score (nSPS) is 16.1. The molecular weight excluding hydrogens is 267 g/mol. The molecule has 20 heavy (non-hydrogen) atoms. The van der Waals surface area contributed by atoms with Gasteiger partial charge in [0.1, 0.15) is 5.69 Å². The van der Waals surface area contributed by atoms with Crippen LogP contribution in [0.2, 0.25) is 0 Å². The zero-order valence-electron chi connectivity index (χ0n) is 10.7. The van der Waals surface area contributed by atoms with Crippen molar-refractivity contribution in [2.45, 2.75) is 19.0 Å². The molecule has 0 amide bonds. The van der Waals surface area contributed by atoms with E-state index in [0.717, 1.165) is 37.7 Å². The van der Waals surface area contributed by atoms with E-state index in [4.69, 9.17) is 5.73 Å². The van der Waals surface area contributed by atoms with Crippen LogP contribution in [0.4, 0.5) is 24.5 Å². The number of rotatable bonds is 1. The van der Waals surface area contributed by atoms with Crippen molar-refractivity contribution < 1.29 is 13.2 Å². The summed E-state index contributed by atoms with van der Waals surface area (Å²) < 4.78 is 38.1. The smallest absolute Gasteiger partial charge is 0.398 e. The molecule has 2 aromatic rings. The Bertz CT molecular complexity index is 646. The Balaban J connectivity index is 2.09. The summed E-state index contributed by atoms with van der Waals surface area (Å²) in [5.74, 6) is 0. The molecule has 3 rings (SSSR count). The lowest BCUT2D eigenvalue weighted by Gasteiger charge is -2.18. The van der Waals surface area contributed by atoms with E-state index in [0.29, 0.717) is 5.39 Å². The fraction of sp³-hybridized carbons (Fsp3) is 0.357. The van der Waals surface area contributed by atoms with Crippen molar-refractivity contribution in [2.24, 2.45) is 0 Å². The van der Waals surface area contributed by atoms with Crippen molar-refractivity contribution in [3.05, 3.63) is 30.0 Å². The van der Waals surface area contributed by atoms with Crippen molar-refractivity contribution in [1.29, 1.82) is 0 Å². The average Bonchev–Trinajstić information content (AvgIpc) is 2.91. The molecule has 2 heterocycles. The maximum atomic E-state index is 12.7. The first kappa shape index (κ1) is 13.0. The van der Waals surface area contributed by atoms with Gasteiger partial charge in [-0.2, -0.15) is 13.2 Å². The average molecular weight is 281 g/mol. The van der Waals surface area contributed by atoms with E-state index in [2.05, 4.69) is 9.88 Å². The van der Waals surface area contributed by atoms with Gasteiger partial charge in [0.2, 0.25) is 0 Å². The van der Waals surface area contributed by atoms with Crippen molar-refractivity contribution >= 4 is 22.3 Å². The number of alkyl halides is 3. The Morgan fingerprint density at radius 3 is 2.45 bits per heavy atom. The summed E-state index contributed by atoms with van der Waals surface area (Å²) in [6, 6.07) is 6.13. The van der Waals surface area contributed by atoms with Gasteiger partial charge >= 0.3 is 6.18 Å². The monoisotopic (exact) mass is 281 g/mol. The number of pyridine rings is 1. The van der Waals surface area contributed by atoms with E-state index in [1.54, 1.807) is 12.1 Å². The van der Waals surface area contributed by atoms with E-state index in [9.17, 15) is 13.2 Å². The van der Waals surface area contributed by atoms with Gasteiger partial charge in [-0.25, -0.2) is 4.98 Å². The van der Waals surface area contributed by atoms with E-state index >= 15 is 0 Å². The molecule has 1 aliphatic rings. The second kappa shape index (κ2) is 4.54. The highest BCUT2D eigenvalue weighted by Crippen LogP contribution is 2.33. The third-order valence-corrected chi connectivity index (χ3v) is 3.59. The van der Waals surface area contributed by atoms with E-state index in [1.165, 1.54) is 0 Å². The molecule has 0 radical (unpaired) electrons. The van der Waals surface area contributed by atoms with Gasteiger partial charge in [-0.05, 0) is 37.1 Å². The highest BCUT2D eigenvalue weighted by molar-refractivity contribution is 5.92. The van der Waals surface area contributed by atoms with Gasteiger partial charge in [0.25, 0.3) is 0 Å². The Hall–Kier alpha value is -1.98. The number of nitrogens with two attached hydrogens (primary N) is 1. The van der Waals surface area contributed by atoms with Crippen LogP contribution in [0.25, 0.3) is 10.9 Å². The summed E-state index contributed by atoms with van der Waals surface area (Å²) in [5.41, 5.74) is 6.20. The Kier molecular flexibility index (Phi) is 2.96. The van der Waals surface area contributed by atoms with Gasteiger partial charge in [0.05, 0.1) is 5.52 Å². The van der Waals surface area contributed by atoms with Crippen LogP contribution in [0.5, 0.6) is 0 Å². The van der Waals surface area contributed by atoms with Crippen molar-refractivity contribution in [3.8, 4) is 0 Å². The zero-order chi connectivity index (χ0) is 14.3. The predicted octanol–water partition coefficient (Wildman–Crippen LogP) is 3.44. The molecule has 0 atom stereocenters. The van der Waals surface area contributed by atoms with Crippen molar-refractivity contribution in [2.75, 3.05) is 23.7 Å². The van der Waals surface area contributed by atoms with Crippen LogP contribution in [0, 0.1) is 0 Å². The minimum absolute atomic E-state index is 0.114. The van der Waals surface area contributed by atoms with Crippen LogP contribution in [-0.4, -0.2) is 18.1 Å². The number of hydrogen-bond acceptors (Lipinski definition) is 3. The Morgan fingerprint density at radius 1 is 1.10 bits per heavy atom. The summed E-state index contributed by atoms with van der Waals surface area (Å²) >= 11 is 0. The number of benzene rings is 1. The summed E-state index contributed by atoms with van der Waals surface area (Å²) in [6.45, 7) is 1.94. The molecule has 1 aliphatic heterocycles. The van der Waals surface area contributed by atoms with Crippen LogP contribution in [0.3, 0.4) is 0 Å². The van der Waals surface area contributed by atoms with Crippen molar-refractivity contribution in [1.82, 2.24) is 4.98 Å². The number of nitrogens with zero attached hydrogens (tertiary/aromatic N) is 2. The van der Waals surface area contributed by atoms with Crippen LogP contribution in [0.15, 0.2) is 24.3 Å². The lowest BCUT2D eigenvalue weighted by molar-refractivity contribution is -0.140. The molecule has 2 N–H and O–H groups in total. The van der Waals surface area contributed by atoms with E-state index in [-0.39, 0.29) is 11.2 Å². The largest absolute Gasteiger partial charge is 0.433 e. The minimum atomic E-state index is -4.48. The third-order valence-electron chi connectivity index (χ3n) is 3.59. The number of halogens is 3. The Labute approximate surface area is 114 Å². The fourth-order valence-corrected chi connectivity index (χ4v) is 2.56. The number of anilines is 2. The molecule has 1 fully saturated rings. The molecule has 0 unspecified atom stereocenters. The topological polar surface area (TPSA) is 42.1 Å². The van der Waals surface area contributed by atoms with Gasteiger partial charge in [-0.15, -0.1) is 0 Å². The minimum Gasteiger partial charge on any atom is -0.398 e. The van der Waals surface area contributed by atoms with Crippen molar-refractivity contribution in [3.63, 3.8) is 0 Å². The molecule has 1 saturated heterocycles. The van der Waals surface area contributed by atoms with Crippen LogP contribution >= 0.6 is 0 Å². The van der Waals surface area contributed by atoms with Crippen LogP contribution in [-0.2, 0) is 6.18 Å². The fourth-order valence-electron chi connectivity index (χ4n) is 2.56. The zero-order valence-corrected chi connectivity index (χ0v) is 10.7. The Morgan fingerprint density at radius 2 is 1.80 bits per heavy atom. The third kappa shape index (κ3) is 2.26. The summed E-state index contributed by atoms with van der Waals surface area (Å²) in [5, 5.41) is 0.572. The second-order valence-electron chi connectivity index (χ2n) is 4.99. The SMILES string of the molecule is Nc1cc(C(F)(F)F)nc2ccc(N3CCCC3)cc12. The summed E-state index contributed by atoms with van der Waals surface area (Å²) in [4.78, 5) is 5.86. The first-order valence-electron chi connectivity index (χ1n) is 6.47. The first-order chi connectivity index (χ1) is 9.45. The number of nitrogen functional groups attached to an aromatic ring is 1. The molecule has 3 nitrogen and oxygen atoms in total. The standard InChI is InChI=1S/C14H14F3N3/c15-14(16,17)13-8-11(18)10-7-9(3-4-12(10)19-13)20-5-1-2-6-20/h3-4,7-8H,1-2,5-6H2,(H2,18,19). The summed E-state index contributed by atoms with van der Waals surface area (Å²) in [6.07, 6.45) is -2.20. The lowest BCUT2D eigenvalue weighted by Crippen LogP contribution is -2.17. The number of aromatic nitrogens is 1. The predicted molar refractivity (Wildman–Crippen MR) is 72.6 cm³/mol. The quantitative estimate of drug-likeness (QED) is 0.870. The molecular formula is C14H14F3N3. The lowest BCUT2D eigenvalue weighted by atomic mass is 10.1. The molecule has 0 aliphatic carbocycles. The second-order valence-corrected chi connectivity index (χ2v) is 4.99. The number of fused-ring (bicyclic) bond motifs is 1. The van der Waals surface area contributed by atoms with Gasteiger partial charge < -0.3 is 10.6 Å². The molecule has 0 saturated carbocycles. The van der Waals surface area contributed by atoms with Gasteiger partial charge in [-0.3, -0.25) is 0 Å². The van der Waals surface area contributed by atoms with Crippen LogP contribution < -0.4 is 10.6 Å². The molecule has 0 spiro atoms. The molecule has 1 aromatic carbocycles. The van der Waals surface area contributed by atoms with E-state index in [1.807, 2.05) is 6.07 Å².